The molecule has 0 aliphatic heterocycles. The Hall–Kier alpha value is -2.89. The van der Waals surface area contributed by atoms with E-state index in [9.17, 15) is 13.6 Å². The number of benzene rings is 2. The molecule has 6 heteroatoms. The van der Waals surface area contributed by atoms with E-state index < -0.39 is 18.6 Å². The molecule has 130 valence electrons. The quantitative estimate of drug-likeness (QED) is 0.720. The van der Waals surface area contributed by atoms with E-state index >= 15 is 0 Å². The SMILES string of the molecule is Cc1c(C(=O)NC(C)c2ccccc2OC(F)F)oc2ccccc12. The number of carbonyl (C=O) groups excluding carboxylic acids is 1. The molecule has 1 heterocycles. The maximum atomic E-state index is 12.6. The first-order chi connectivity index (χ1) is 12.0. The number of rotatable bonds is 5. The lowest BCUT2D eigenvalue weighted by molar-refractivity contribution is -0.0506. The van der Waals surface area contributed by atoms with Gasteiger partial charge in [0.1, 0.15) is 11.3 Å². The number of para-hydroxylation sites is 2. The van der Waals surface area contributed by atoms with Gasteiger partial charge in [0.15, 0.2) is 5.76 Å². The van der Waals surface area contributed by atoms with Gasteiger partial charge in [-0.2, -0.15) is 8.78 Å². The smallest absolute Gasteiger partial charge is 0.387 e. The molecule has 0 spiro atoms. The summed E-state index contributed by atoms with van der Waals surface area (Å²) < 4.78 is 35.2. The number of hydrogen-bond acceptors (Lipinski definition) is 3. The highest BCUT2D eigenvalue weighted by Gasteiger charge is 2.21. The maximum absolute atomic E-state index is 12.6. The predicted molar refractivity (Wildman–Crippen MR) is 89.9 cm³/mol. The third kappa shape index (κ3) is 3.47. The number of ether oxygens (including phenoxy) is 1. The normalized spacial score (nSPS) is 12.4. The fourth-order valence-electron chi connectivity index (χ4n) is 2.77. The first-order valence-electron chi connectivity index (χ1n) is 7.80. The molecule has 0 bridgehead atoms. The van der Waals surface area contributed by atoms with Crippen molar-refractivity contribution in [3.8, 4) is 5.75 Å². The Balaban J connectivity index is 1.84. The molecule has 0 fully saturated rings. The zero-order valence-electron chi connectivity index (χ0n) is 13.8. The molecule has 1 amide bonds. The van der Waals surface area contributed by atoms with Crippen LogP contribution in [0.3, 0.4) is 0 Å². The van der Waals surface area contributed by atoms with Crippen molar-refractivity contribution in [3.05, 3.63) is 65.4 Å². The van der Waals surface area contributed by atoms with Gasteiger partial charge in [0, 0.05) is 16.5 Å². The molecular weight excluding hydrogens is 328 g/mol. The average Bonchev–Trinajstić information content (AvgIpc) is 2.92. The van der Waals surface area contributed by atoms with Crippen molar-refractivity contribution < 1.29 is 22.7 Å². The van der Waals surface area contributed by atoms with Gasteiger partial charge in [0.05, 0.1) is 6.04 Å². The summed E-state index contributed by atoms with van der Waals surface area (Å²) in [7, 11) is 0. The van der Waals surface area contributed by atoms with E-state index in [4.69, 9.17) is 4.42 Å². The number of alkyl halides is 2. The molecule has 4 nitrogen and oxygen atoms in total. The van der Waals surface area contributed by atoms with Crippen LogP contribution < -0.4 is 10.1 Å². The van der Waals surface area contributed by atoms with Gasteiger partial charge in [0.2, 0.25) is 0 Å². The lowest BCUT2D eigenvalue weighted by Gasteiger charge is -2.17. The molecule has 3 aromatic rings. The highest BCUT2D eigenvalue weighted by atomic mass is 19.3. The Morgan fingerprint density at radius 3 is 2.52 bits per heavy atom. The van der Waals surface area contributed by atoms with E-state index in [0.717, 1.165) is 10.9 Å². The van der Waals surface area contributed by atoms with Gasteiger partial charge in [-0.3, -0.25) is 4.79 Å². The molecule has 1 unspecified atom stereocenters. The number of amides is 1. The highest BCUT2D eigenvalue weighted by Crippen LogP contribution is 2.28. The third-order valence-electron chi connectivity index (χ3n) is 4.00. The minimum absolute atomic E-state index is 0.0339. The van der Waals surface area contributed by atoms with Crippen LogP contribution in [0.1, 0.15) is 34.6 Å². The zero-order chi connectivity index (χ0) is 18.0. The fourth-order valence-corrected chi connectivity index (χ4v) is 2.77. The molecule has 0 aliphatic carbocycles. The average molecular weight is 345 g/mol. The number of fused-ring (bicyclic) bond motifs is 1. The molecule has 0 saturated carbocycles. The van der Waals surface area contributed by atoms with Crippen LogP contribution in [0.2, 0.25) is 0 Å². The van der Waals surface area contributed by atoms with Crippen LogP contribution in [-0.4, -0.2) is 12.5 Å². The summed E-state index contributed by atoms with van der Waals surface area (Å²) in [4.78, 5) is 12.6. The van der Waals surface area contributed by atoms with Crippen LogP contribution >= 0.6 is 0 Å². The maximum Gasteiger partial charge on any atom is 0.387 e. The van der Waals surface area contributed by atoms with Crippen LogP contribution in [0.25, 0.3) is 11.0 Å². The summed E-state index contributed by atoms with van der Waals surface area (Å²) in [6, 6.07) is 13.2. The molecule has 0 saturated heterocycles. The third-order valence-corrected chi connectivity index (χ3v) is 4.00. The van der Waals surface area contributed by atoms with Gasteiger partial charge in [-0.1, -0.05) is 36.4 Å². The van der Waals surface area contributed by atoms with Crippen LogP contribution in [0.5, 0.6) is 5.75 Å². The Morgan fingerprint density at radius 1 is 1.12 bits per heavy atom. The molecule has 1 N–H and O–H groups in total. The summed E-state index contributed by atoms with van der Waals surface area (Å²) in [5.74, 6) is -0.167. The zero-order valence-corrected chi connectivity index (χ0v) is 13.8. The Kier molecular flexibility index (Phi) is 4.70. The van der Waals surface area contributed by atoms with Crippen LogP contribution in [0, 0.1) is 6.92 Å². The highest BCUT2D eigenvalue weighted by molar-refractivity contribution is 5.99. The van der Waals surface area contributed by atoms with Gasteiger partial charge >= 0.3 is 6.61 Å². The molecule has 0 aliphatic rings. The lowest BCUT2D eigenvalue weighted by atomic mass is 10.1. The van der Waals surface area contributed by atoms with Gasteiger partial charge < -0.3 is 14.5 Å². The second-order valence-electron chi connectivity index (χ2n) is 5.66. The minimum atomic E-state index is -2.93. The molecule has 2 aromatic carbocycles. The summed E-state index contributed by atoms with van der Waals surface area (Å²) in [5, 5.41) is 3.63. The summed E-state index contributed by atoms with van der Waals surface area (Å²) in [5.41, 5.74) is 1.82. The molecule has 0 radical (unpaired) electrons. The van der Waals surface area contributed by atoms with Gasteiger partial charge in [-0.25, -0.2) is 0 Å². The summed E-state index contributed by atoms with van der Waals surface area (Å²) in [6.07, 6.45) is 0. The van der Waals surface area contributed by atoms with E-state index in [-0.39, 0.29) is 11.5 Å². The van der Waals surface area contributed by atoms with Gasteiger partial charge in [-0.05, 0) is 26.0 Å². The second-order valence-corrected chi connectivity index (χ2v) is 5.66. The molecule has 25 heavy (non-hydrogen) atoms. The topological polar surface area (TPSA) is 51.5 Å². The lowest BCUT2D eigenvalue weighted by Crippen LogP contribution is -2.27. The van der Waals surface area contributed by atoms with E-state index in [0.29, 0.717) is 11.1 Å². The van der Waals surface area contributed by atoms with Crippen LogP contribution in [-0.2, 0) is 0 Å². The van der Waals surface area contributed by atoms with Crippen molar-refractivity contribution >= 4 is 16.9 Å². The number of halogens is 2. The first kappa shape index (κ1) is 17.0. The van der Waals surface area contributed by atoms with Crippen molar-refractivity contribution in [3.63, 3.8) is 0 Å². The standard InChI is InChI=1S/C19H17F2NO3/c1-11-13-7-3-5-9-15(13)24-17(11)18(23)22-12(2)14-8-4-6-10-16(14)25-19(20)21/h3-10,12,19H,1-2H3,(H,22,23). The molecular formula is C19H17F2NO3. The van der Waals surface area contributed by atoms with Crippen molar-refractivity contribution in [1.29, 1.82) is 0 Å². The van der Waals surface area contributed by atoms with Crippen LogP contribution in [0.4, 0.5) is 8.78 Å². The fraction of sp³-hybridized carbons (Fsp3) is 0.211. The molecule has 3 rings (SSSR count). The monoisotopic (exact) mass is 345 g/mol. The van der Waals surface area contributed by atoms with E-state index in [1.165, 1.54) is 6.07 Å². The number of nitrogens with one attached hydrogen (secondary N) is 1. The van der Waals surface area contributed by atoms with Crippen molar-refractivity contribution in [2.45, 2.75) is 26.5 Å². The first-order valence-corrected chi connectivity index (χ1v) is 7.80. The van der Waals surface area contributed by atoms with Crippen molar-refractivity contribution in [2.24, 2.45) is 0 Å². The molecule has 1 aromatic heterocycles. The van der Waals surface area contributed by atoms with Gasteiger partial charge in [-0.15, -0.1) is 0 Å². The van der Waals surface area contributed by atoms with Crippen molar-refractivity contribution in [1.82, 2.24) is 5.32 Å². The number of carbonyl (C=O) groups is 1. The summed E-state index contributed by atoms with van der Waals surface area (Å²) in [6.45, 7) is 0.574. The van der Waals surface area contributed by atoms with Crippen molar-refractivity contribution in [2.75, 3.05) is 0 Å². The molecule has 1 atom stereocenters. The Bertz CT molecular complexity index is 905. The second kappa shape index (κ2) is 6.93. The number of aryl methyl sites for hydroxylation is 1. The number of hydrogen-bond donors (Lipinski definition) is 1. The number of furan rings is 1. The largest absolute Gasteiger partial charge is 0.451 e. The van der Waals surface area contributed by atoms with E-state index in [2.05, 4.69) is 10.1 Å². The van der Waals surface area contributed by atoms with Gasteiger partial charge in [0.25, 0.3) is 5.91 Å². The Morgan fingerprint density at radius 2 is 1.80 bits per heavy atom. The van der Waals surface area contributed by atoms with E-state index in [1.807, 2.05) is 18.2 Å². The Labute approximate surface area is 143 Å². The predicted octanol–water partition coefficient (Wildman–Crippen LogP) is 4.83. The minimum Gasteiger partial charge on any atom is -0.451 e. The van der Waals surface area contributed by atoms with E-state index in [1.54, 1.807) is 38.1 Å². The summed E-state index contributed by atoms with van der Waals surface area (Å²) >= 11 is 0. The van der Waals surface area contributed by atoms with Crippen LogP contribution in [0.15, 0.2) is 52.9 Å².